The molecule has 1 aromatic heterocycles. The molecule has 1 aliphatic rings. The minimum absolute atomic E-state index is 0.0646. The molecule has 0 bridgehead atoms. The molecule has 3 atom stereocenters. The first-order chi connectivity index (χ1) is 14.6. The van der Waals surface area contributed by atoms with Gasteiger partial charge in [0.05, 0.1) is 31.6 Å². The number of carbonyl (C=O) groups excluding carboxylic acids is 2. The summed E-state index contributed by atoms with van der Waals surface area (Å²) in [6.07, 6.45) is 3.39. The summed E-state index contributed by atoms with van der Waals surface area (Å²) < 4.78 is 5.89. The van der Waals surface area contributed by atoms with E-state index in [4.69, 9.17) is 4.74 Å². The number of aromatic nitrogens is 1. The quantitative estimate of drug-likeness (QED) is 0.579. The van der Waals surface area contributed by atoms with Gasteiger partial charge in [-0.25, -0.2) is 0 Å². The first-order valence-electron chi connectivity index (χ1n) is 10.4. The topological polar surface area (TPSA) is 101 Å². The van der Waals surface area contributed by atoms with Gasteiger partial charge in [-0.1, -0.05) is 36.4 Å². The molecule has 7 nitrogen and oxygen atoms in total. The monoisotopic (exact) mass is 411 g/mol. The molecule has 0 radical (unpaired) electrons. The van der Waals surface area contributed by atoms with E-state index in [0.29, 0.717) is 25.1 Å². The normalized spacial score (nSPS) is 21.0. The maximum absolute atomic E-state index is 12.3. The van der Waals surface area contributed by atoms with E-state index in [9.17, 15) is 14.7 Å². The Kier molecular flexibility index (Phi) is 8.35. The van der Waals surface area contributed by atoms with Gasteiger partial charge in [0.1, 0.15) is 6.10 Å². The highest BCUT2D eigenvalue weighted by atomic mass is 16.5. The third-order valence-electron chi connectivity index (χ3n) is 5.20. The summed E-state index contributed by atoms with van der Waals surface area (Å²) in [5, 5.41) is 15.5. The molecule has 3 N–H and O–H groups in total. The van der Waals surface area contributed by atoms with E-state index >= 15 is 0 Å². The van der Waals surface area contributed by atoms with Crippen molar-refractivity contribution in [3.8, 4) is 0 Å². The van der Waals surface area contributed by atoms with Gasteiger partial charge in [0, 0.05) is 18.4 Å². The van der Waals surface area contributed by atoms with Crippen LogP contribution in [0.15, 0.2) is 54.7 Å². The zero-order chi connectivity index (χ0) is 21.2. The van der Waals surface area contributed by atoms with E-state index in [1.165, 1.54) is 5.56 Å². The van der Waals surface area contributed by atoms with Gasteiger partial charge >= 0.3 is 0 Å². The summed E-state index contributed by atoms with van der Waals surface area (Å²) >= 11 is 0. The van der Waals surface area contributed by atoms with Crippen LogP contribution in [-0.4, -0.2) is 53.3 Å². The van der Waals surface area contributed by atoms with Gasteiger partial charge < -0.3 is 20.5 Å². The number of nitrogens with zero attached hydrogens (tertiary/aromatic N) is 1. The Hall–Kier alpha value is -2.77. The van der Waals surface area contributed by atoms with Gasteiger partial charge in [0.25, 0.3) is 0 Å². The maximum Gasteiger partial charge on any atom is 0.226 e. The van der Waals surface area contributed by atoms with Crippen LogP contribution in [-0.2, 0) is 27.2 Å². The number of ether oxygens (including phenoxy) is 1. The third kappa shape index (κ3) is 6.93. The average Bonchev–Trinajstić information content (AvgIpc) is 2.76. The largest absolute Gasteiger partial charge is 0.394 e. The number of carbonyl (C=O) groups is 2. The standard InChI is InChI=1S/C23H29N3O4/c27-16-21-20(26-23(29)14-18-8-4-5-12-24-18)10-9-19(30-21)15-22(28)25-13-11-17-6-2-1-3-7-17/h1-8,12,19-21,27H,9-11,13-16H2,(H,25,28)(H,26,29)/t19-,20-,21+/m0/s1. The molecule has 2 aromatic rings. The fourth-order valence-corrected chi connectivity index (χ4v) is 3.64. The van der Waals surface area contributed by atoms with Crippen LogP contribution in [0.2, 0.25) is 0 Å². The van der Waals surface area contributed by atoms with Crippen LogP contribution >= 0.6 is 0 Å². The number of rotatable bonds is 9. The van der Waals surface area contributed by atoms with E-state index in [1.807, 2.05) is 36.4 Å². The van der Waals surface area contributed by atoms with Gasteiger partial charge in [0.2, 0.25) is 11.8 Å². The van der Waals surface area contributed by atoms with Crippen molar-refractivity contribution in [2.24, 2.45) is 0 Å². The maximum atomic E-state index is 12.3. The summed E-state index contributed by atoms with van der Waals surface area (Å²) in [4.78, 5) is 28.7. The van der Waals surface area contributed by atoms with Crippen LogP contribution in [0, 0.1) is 0 Å². The molecule has 0 saturated carbocycles. The molecular weight excluding hydrogens is 382 g/mol. The van der Waals surface area contributed by atoms with E-state index in [1.54, 1.807) is 18.3 Å². The summed E-state index contributed by atoms with van der Waals surface area (Å²) in [5.74, 6) is -0.219. The minimum atomic E-state index is -0.520. The molecule has 1 aliphatic heterocycles. The molecule has 2 amide bonds. The summed E-state index contributed by atoms with van der Waals surface area (Å²) in [7, 11) is 0. The van der Waals surface area contributed by atoms with E-state index in [-0.39, 0.29) is 43.4 Å². The highest BCUT2D eigenvalue weighted by Gasteiger charge is 2.32. The number of amides is 2. The van der Waals surface area contributed by atoms with E-state index in [0.717, 1.165) is 6.42 Å². The Bertz CT molecular complexity index is 801. The van der Waals surface area contributed by atoms with Crippen LogP contribution in [0.25, 0.3) is 0 Å². The number of hydrogen-bond donors (Lipinski definition) is 3. The van der Waals surface area contributed by atoms with Crippen LogP contribution in [0.3, 0.4) is 0 Å². The Labute approximate surface area is 176 Å². The lowest BCUT2D eigenvalue weighted by Gasteiger charge is -2.36. The van der Waals surface area contributed by atoms with Crippen LogP contribution in [0.5, 0.6) is 0 Å². The second kappa shape index (κ2) is 11.4. The van der Waals surface area contributed by atoms with Crippen LogP contribution in [0.1, 0.15) is 30.5 Å². The zero-order valence-electron chi connectivity index (χ0n) is 17.0. The minimum Gasteiger partial charge on any atom is -0.394 e. The zero-order valence-corrected chi connectivity index (χ0v) is 17.0. The van der Waals surface area contributed by atoms with Crippen LogP contribution < -0.4 is 10.6 Å². The average molecular weight is 412 g/mol. The number of benzene rings is 1. The number of nitrogens with one attached hydrogen (secondary N) is 2. The molecule has 7 heteroatoms. The second-order valence-electron chi connectivity index (χ2n) is 7.52. The first kappa shape index (κ1) is 21.9. The molecule has 0 aliphatic carbocycles. The smallest absolute Gasteiger partial charge is 0.226 e. The Morgan fingerprint density at radius 2 is 1.87 bits per heavy atom. The fraction of sp³-hybridized carbons (Fsp3) is 0.435. The molecule has 30 heavy (non-hydrogen) atoms. The van der Waals surface area contributed by atoms with Gasteiger partial charge in [-0.2, -0.15) is 0 Å². The molecule has 2 heterocycles. The number of aliphatic hydroxyl groups is 1. The fourth-order valence-electron chi connectivity index (χ4n) is 3.64. The number of aliphatic hydroxyl groups excluding tert-OH is 1. The van der Waals surface area contributed by atoms with E-state index < -0.39 is 6.10 Å². The van der Waals surface area contributed by atoms with Crippen molar-refractivity contribution in [2.75, 3.05) is 13.2 Å². The molecule has 160 valence electrons. The third-order valence-corrected chi connectivity index (χ3v) is 5.20. The SMILES string of the molecule is O=C(C[C@@H]1CC[C@H](NC(=O)Cc2ccccn2)[C@@H](CO)O1)NCCc1ccccc1. The second-order valence-corrected chi connectivity index (χ2v) is 7.52. The van der Waals surface area contributed by atoms with Crippen molar-refractivity contribution >= 4 is 11.8 Å². The molecule has 1 fully saturated rings. The van der Waals surface area contributed by atoms with Gasteiger partial charge in [-0.15, -0.1) is 0 Å². The lowest BCUT2D eigenvalue weighted by Crippen LogP contribution is -2.51. The van der Waals surface area contributed by atoms with E-state index in [2.05, 4.69) is 15.6 Å². The Morgan fingerprint density at radius 1 is 1.07 bits per heavy atom. The van der Waals surface area contributed by atoms with Gasteiger partial charge in [-0.3, -0.25) is 14.6 Å². The molecule has 3 rings (SSSR count). The molecule has 0 spiro atoms. The lowest BCUT2D eigenvalue weighted by atomic mass is 9.96. The van der Waals surface area contributed by atoms with Gasteiger partial charge in [0.15, 0.2) is 0 Å². The highest BCUT2D eigenvalue weighted by Crippen LogP contribution is 2.22. The van der Waals surface area contributed by atoms with Crippen molar-refractivity contribution in [1.29, 1.82) is 0 Å². The van der Waals surface area contributed by atoms with Crippen molar-refractivity contribution in [2.45, 2.75) is 50.4 Å². The predicted octanol–water partition coefficient (Wildman–Crippen LogP) is 1.40. The highest BCUT2D eigenvalue weighted by molar-refractivity contribution is 5.78. The molecule has 0 unspecified atom stereocenters. The molecule has 1 saturated heterocycles. The Morgan fingerprint density at radius 3 is 2.60 bits per heavy atom. The van der Waals surface area contributed by atoms with Gasteiger partial charge in [-0.05, 0) is 37.0 Å². The van der Waals surface area contributed by atoms with Crippen molar-refractivity contribution in [3.05, 3.63) is 66.0 Å². The number of hydrogen-bond acceptors (Lipinski definition) is 5. The van der Waals surface area contributed by atoms with Crippen molar-refractivity contribution in [1.82, 2.24) is 15.6 Å². The lowest BCUT2D eigenvalue weighted by molar-refractivity contribution is -0.135. The van der Waals surface area contributed by atoms with Crippen molar-refractivity contribution in [3.63, 3.8) is 0 Å². The Balaban J connectivity index is 1.40. The molecular formula is C23H29N3O4. The predicted molar refractivity (Wildman–Crippen MR) is 113 cm³/mol. The molecule has 1 aromatic carbocycles. The summed E-state index contributed by atoms with van der Waals surface area (Å²) in [5.41, 5.74) is 1.87. The number of pyridine rings is 1. The summed E-state index contributed by atoms with van der Waals surface area (Å²) in [6, 6.07) is 15.2. The van der Waals surface area contributed by atoms with Crippen molar-refractivity contribution < 1.29 is 19.4 Å². The van der Waals surface area contributed by atoms with Crippen LogP contribution in [0.4, 0.5) is 0 Å². The first-order valence-corrected chi connectivity index (χ1v) is 10.4. The summed E-state index contributed by atoms with van der Waals surface area (Å²) in [6.45, 7) is 0.367.